The summed E-state index contributed by atoms with van der Waals surface area (Å²) in [7, 11) is 0. The van der Waals surface area contributed by atoms with Crippen LogP contribution in [0.15, 0.2) is 35.5 Å². The molecule has 0 saturated heterocycles. The van der Waals surface area contributed by atoms with E-state index in [0.717, 1.165) is 0 Å². The lowest BCUT2D eigenvalue weighted by Crippen LogP contribution is -2.05. The summed E-state index contributed by atoms with van der Waals surface area (Å²) < 4.78 is 24.2. The van der Waals surface area contributed by atoms with Crippen molar-refractivity contribution in [3.8, 4) is 0 Å². The van der Waals surface area contributed by atoms with Crippen LogP contribution in [0, 0.1) is 4.91 Å². The second-order valence-corrected chi connectivity index (χ2v) is 2.30. The predicted octanol–water partition coefficient (Wildman–Crippen LogP) is 2.76. The molecular formula is C8H7F2NO. The fourth-order valence-corrected chi connectivity index (χ4v) is 0.903. The lowest BCUT2D eigenvalue weighted by Gasteiger charge is -2.06. The van der Waals surface area contributed by atoms with Crippen molar-refractivity contribution in [1.29, 1.82) is 0 Å². The third-order valence-electron chi connectivity index (χ3n) is 1.49. The Morgan fingerprint density at radius 2 is 1.75 bits per heavy atom. The molecule has 1 atom stereocenters. The summed E-state index contributed by atoms with van der Waals surface area (Å²) in [5.41, 5.74) is 0.252. The van der Waals surface area contributed by atoms with Gasteiger partial charge in [0.15, 0.2) is 6.04 Å². The van der Waals surface area contributed by atoms with Crippen molar-refractivity contribution in [2.75, 3.05) is 0 Å². The van der Waals surface area contributed by atoms with Gasteiger partial charge in [-0.05, 0) is 5.56 Å². The van der Waals surface area contributed by atoms with Crippen LogP contribution < -0.4 is 0 Å². The molecule has 4 heteroatoms. The lowest BCUT2D eigenvalue weighted by molar-refractivity contribution is 0.116. The van der Waals surface area contributed by atoms with Gasteiger partial charge in [0.05, 0.1) is 0 Å². The minimum Gasteiger partial charge on any atom is -0.208 e. The Bertz CT molecular complexity index is 250. The molecule has 0 fully saturated rings. The molecule has 0 spiro atoms. The molecule has 0 bridgehead atoms. The van der Waals surface area contributed by atoms with E-state index < -0.39 is 12.5 Å². The Kier molecular flexibility index (Phi) is 2.85. The van der Waals surface area contributed by atoms with Crippen LogP contribution in [0.4, 0.5) is 8.78 Å². The molecule has 12 heavy (non-hydrogen) atoms. The first-order valence-corrected chi connectivity index (χ1v) is 3.41. The monoisotopic (exact) mass is 171 g/mol. The molecule has 2 nitrogen and oxygen atoms in total. The number of alkyl halides is 2. The molecule has 1 rings (SSSR count). The molecule has 1 aromatic rings. The van der Waals surface area contributed by atoms with E-state index in [-0.39, 0.29) is 5.56 Å². The Morgan fingerprint density at radius 1 is 1.17 bits per heavy atom. The highest BCUT2D eigenvalue weighted by Crippen LogP contribution is 2.23. The molecule has 0 amide bonds. The highest BCUT2D eigenvalue weighted by Gasteiger charge is 2.22. The SMILES string of the molecule is O=NC(c1ccccc1)C(F)F. The van der Waals surface area contributed by atoms with Crippen LogP contribution in [-0.2, 0) is 0 Å². The van der Waals surface area contributed by atoms with Crippen molar-refractivity contribution >= 4 is 0 Å². The average molecular weight is 171 g/mol. The summed E-state index contributed by atoms with van der Waals surface area (Å²) in [6.45, 7) is 0. The molecule has 1 aromatic carbocycles. The Morgan fingerprint density at radius 3 is 2.17 bits per heavy atom. The summed E-state index contributed by atoms with van der Waals surface area (Å²) in [6, 6.07) is 6.25. The van der Waals surface area contributed by atoms with Gasteiger partial charge in [-0.3, -0.25) is 0 Å². The first-order chi connectivity index (χ1) is 5.75. The molecule has 1 unspecified atom stereocenters. The van der Waals surface area contributed by atoms with Crippen LogP contribution in [0.2, 0.25) is 0 Å². The Labute approximate surface area is 68.2 Å². The molecule has 64 valence electrons. The molecule has 0 radical (unpaired) electrons. The molecular weight excluding hydrogens is 164 g/mol. The minimum absolute atomic E-state index is 0.252. The minimum atomic E-state index is -2.73. The van der Waals surface area contributed by atoms with Gasteiger partial charge >= 0.3 is 0 Å². The molecule has 0 saturated carbocycles. The summed E-state index contributed by atoms with van der Waals surface area (Å²) in [6.07, 6.45) is -2.73. The molecule has 0 aliphatic rings. The van der Waals surface area contributed by atoms with Gasteiger partial charge in [-0.25, -0.2) is 8.78 Å². The zero-order chi connectivity index (χ0) is 8.97. The van der Waals surface area contributed by atoms with E-state index >= 15 is 0 Å². The van der Waals surface area contributed by atoms with Crippen molar-refractivity contribution in [1.82, 2.24) is 0 Å². The zero-order valence-electron chi connectivity index (χ0n) is 6.15. The molecule has 0 heterocycles. The standard InChI is InChI=1S/C8H7F2NO/c9-8(10)7(11-12)6-4-2-1-3-5-6/h1-5,7-8H. The van der Waals surface area contributed by atoms with Crippen molar-refractivity contribution in [2.45, 2.75) is 12.5 Å². The van der Waals surface area contributed by atoms with E-state index in [1.807, 2.05) is 0 Å². The van der Waals surface area contributed by atoms with Crippen LogP contribution in [0.5, 0.6) is 0 Å². The summed E-state index contributed by atoms with van der Waals surface area (Å²) in [5, 5.41) is 2.36. The van der Waals surface area contributed by atoms with Crippen LogP contribution in [-0.4, -0.2) is 6.43 Å². The lowest BCUT2D eigenvalue weighted by atomic mass is 10.1. The van der Waals surface area contributed by atoms with Crippen LogP contribution in [0.1, 0.15) is 11.6 Å². The predicted molar refractivity (Wildman–Crippen MR) is 41.0 cm³/mol. The summed E-state index contributed by atoms with van der Waals surface area (Å²) in [5.74, 6) is 0. The normalized spacial score (nSPS) is 12.9. The number of rotatable bonds is 3. The second-order valence-electron chi connectivity index (χ2n) is 2.30. The number of hydrogen-bond donors (Lipinski definition) is 0. The quantitative estimate of drug-likeness (QED) is 0.643. The maximum Gasteiger partial charge on any atom is 0.268 e. The van der Waals surface area contributed by atoms with Crippen LogP contribution in [0.3, 0.4) is 0 Å². The first kappa shape index (κ1) is 8.77. The highest BCUT2D eigenvalue weighted by molar-refractivity contribution is 5.19. The number of nitroso groups, excluding NO2 is 1. The highest BCUT2D eigenvalue weighted by atomic mass is 19.3. The summed E-state index contributed by atoms with van der Waals surface area (Å²) in [4.78, 5) is 10.0. The van der Waals surface area contributed by atoms with Crippen molar-refractivity contribution in [2.24, 2.45) is 5.18 Å². The molecule has 0 aromatic heterocycles. The number of nitrogens with zero attached hydrogens (tertiary/aromatic N) is 1. The van der Waals surface area contributed by atoms with E-state index in [4.69, 9.17) is 0 Å². The van der Waals surface area contributed by atoms with Gasteiger partial charge in [-0.15, -0.1) is 4.91 Å². The fourth-order valence-electron chi connectivity index (χ4n) is 0.903. The Hall–Kier alpha value is -1.32. The number of hydrogen-bond acceptors (Lipinski definition) is 2. The molecule has 0 aliphatic heterocycles. The van der Waals surface area contributed by atoms with Crippen LogP contribution >= 0.6 is 0 Å². The maximum absolute atomic E-state index is 12.1. The average Bonchev–Trinajstić information content (AvgIpc) is 2.07. The third-order valence-corrected chi connectivity index (χ3v) is 1.49. The van der Waals surface area contributed by atoms with E-state index in [0.29, 0.717) is 0 Å². The summed E-state index contributed by atoms with van der Waals surface area (Å²) >= 11 is 0. The van der Waals surface area contributed by atoms with Gasteiger partial charge in [0, 0.05) is 0 Å². The number of benzene rings is 1. The third kappa shape index (κ3) is 1.84. The van der Waals surface area contributed by atoms with Crippen LogP contribution in [0.25, 0.3) is 0 Å². The van der Waals surface area contributed by atoms with Gasteiger partial charge in [0.2, 0.25) is 0 Å². The topological polar surface area (TPSA) is 29.4 Å². The van der Waals surface area contributed by atoms with Gasteiger partial charge in [-0.2, -0.15) is 0 Å². The van der Waals surface area contributed by atoms with E-state index in [1.54, 1.807) is 18.2 Å². The van der Waals surface area contributed by atoms with E-state index in [9.17, 15) is 13.7 Å². The molecule has 0 N–H and O–H groups in total. The van der Waals surface area contributed by atoms with Gasteiger partial charge in [-0.1, -0.05) is 35.5 Å². The van der Waals surface area contributed by atoms with Gasteiger partial charge in [0.25, 0.3) is 6.43 Å². The largest absolute Gasteiger partial charge is 0.268 e. The van der Waals surface area contributed by atoms with Gasteiger partial charge in [0.1, 0.15) is 0 Å². The van der Waals surface area contributed by atoms with Gasteiger partial charge < -0.3 is 0 Å². The number of halogens is 2. The molecule has 0 aliphatic carbocycles. The zero-order valence-corrected chi connectivity index (χ0v) is 6.15. The maximum atomic E-state index is 12.1. The fraction of sp³-hybridized carbons (Fsp3) is 0.250. The van der Waals surface area contributed by atoms with Crippen molar-refractivity contribution < 1.29 is 8.78 Å². The van der Waals surface area contributed by atoms with E-state index in [2.05, 4.69) is 5.18 Å². The van der Waals surface area contributed by atoms with Crippen molar-refractivity contribution in [3.63, 3.8) is 0 Å². The first-order valence-electron chi connectivity index (χ1n) is 3.41. The smallest absolute Gasteiger partial charge is 0.208 e. The Balaban J connectivity index is 2.88. The van der Waals surface area contributed by atoms with E-state index in [1.165, 1.54) is 12.1 Å². The van der Waals surface area contributed by atoms with Crippen molar-refractivity contribution in [3.05, 3.63) is 40.8 Å². The second kappa shape index (κ2) is 3.90.